The first-order valence-electron chi connectivity index (χ1n) is 16.3. The lowest BCUT2D eigenvalue weighted by molar-refractivity contribution is -0.159. The zero-order valence-corrected chi connectivity index (χ0v) is 28.4. The molecule has 3 saturated heterocycles. The van der Waals surface area contributed by atoms with Crippen molar-refractivity contribution in [2.75, 3.05) is 7.11 Å². The number of ether oxygens (including phenoxy) is 5. The van der Waals surface area contributed by atoms with Crippen molar-refractivity contribution in [2.24, 2.45) is 17.8 Å². The third-order valence-electron chi connectivity index (χ3n) is 9.62. The smallest absolute Gasteiger partial charge is 0.306 e. The number of hydrogen-bond donors (Lipinski definition) is 1. The summed E-state index contributed by atoms with van der Waals surface area (Å²) >= 11 is 0. The molecule has 0 saturated carbocycles. The Hall–Kier alpha value is -3.05. The lowest BCUT2D eigenvalue weighted by atomic mass is 9.85. The van der Waals surface area contributed by atoms with Crippen LogP contribution in [-0.2, 0) is 33.3 Å². The van der Waals surface area contributed by atoms with Crippen LogP contribution in [0.25, 0.3) is 6.08 Å². The number of aromatic nitrogens is 1. The molecular weight excluding hydrogens is 590 g/mol. The van der Waals surface area contributed by atoms with Crippen LogP contribution in [0.1, 0.15) is 78.8 Å². The summed E-state index contributed by atoms with van der Waals surface area (Å²) in [5.74, 6) is 0.465. The quantitative estimate of drug-likeness (QED) is 0.0745. The SMILES string of the molecule is CO[C@@H](/C(C)=C/C=C/C(C)=C/c1coc(C)n1)[C@@H](C)C(C[C@H](O)C1(C)O[C@@H]1/C=C/[C@@H](C)[C@H]1C[C@@H](C[C@@H]2OC2C)CC(=O)O1)OC=O. The predicted molar refractivity (Wildman–Crippen MR) is 172 cm³/mol. The number of rotatable bonds is 17. The molecule has 3 unspecified atom stereocenters. The largest absolute Gasteiger partial charge is 0.464 e. The second-order valence-electron chi connectivity index (χ2n) is 13.4. The Morgan fingerprint density at radius 1 is 1.28 bits per heavy atom. The summed E-state index contributed by atoms with van der Waals surface area (Å²) < 4.78 is 33.8. The monoisotopic (exact) mass is 641 g/mol. The highest BCUT2D eigenvalue weighted by Gasteiger charge is 2.57. The molecule has 4 heterocycles. The molecule has 0 aromatic carbocycles. The van der Waals surface area contributed by atoms with Crippen LogP contribution >= 0.6 is 0 Å². The average Bonchev–Trinajstić information content (AvgIpc) is 3.83. The third-order valence-corrected chi connectivity index (χ3v) is 9.62. The molecule has 0 radical (unpaired) electrons. The van der Waals surface area contributed by atoms with Crippen molar-refractivity contribution in [3.8, 4) is 0 Å². The van der Waals surface area contributed by atoms with E-state index in [0.717, 1.165) is 29.7 Å². The van der Waals surface area contributed by atoms with Gasteiger partial charge in [0.25, 0.3) is 6.47 Å². The average molecular weight is 642 g/mol. The van der Waals surface area contributed by atoms with Crippen LogP contribution in [0.3, 0.4) is 0 Å². The number of carbonyl (C=O) groups is 2. The van der Waals surface area contributed by atoms with Gasteiger partial charge in [-0.2, -0.15) is 0 Å². The summed E-state index contributed by atoms with van der Waals surface area (Å²) in [6, 6.07) is 0. The number of aliphatic hydroxyl groups is 1. The fourth-order valence-corrected chi connectivity index (χ4v) is 6.46. The molecule has 10 heteroatoms. The molecule has 1 aromatic rings. The van der Waals surface area contributed by atoms with Crippen LogP contribution in [0.2, 0.25) is 0 Å². The van der Waals surface area contributed by atoms with Gasteiger partial charge in [-0.1, -0.05) is 44.2 Å². The number of allylic oxidation sites excluding steroid dienone is 4. The molecule has 3 fully saturated rings. The highest BCUT2D eigenvalue weighted by molar-refractivity contribution is 5.70. The van der Waals surface area contributed by atoms with Crippen LogP contribution in [0, 0.1) is 24.7 Å². The first-order chi connectivity index (χ1) is 21.8. The number of carbonyl (C=O) groups excluding carboxylic acids is 2. The van der Waals surface area contributed by atoms with Gasteiger partial charge in [0.15, 0.2) is 5.89 Å². The lowest BCUT2D eigenvalue weighted by Crippen LogP contribution is -2.40. The number of esters is 1. The van der Waals surface area contributed by atoms with Gasteiger partial charge in [0.05, 0.1) is 24.4 Å². The van der Waals surface area contributed by atoms with E-state index in [2.05, 4.69) is 11.9 Å². The lowest BCUT2D eigenvalue weighted by Gasteiger charge is -2.31. The van der Waals surface area contributed by atoms with Crippen LogP contribution < -0.4 is 0 Å². The molecule has 3 aliphatic heterocycles. The van der Waals surface area contributed by atoms with Crippen molar-refractivity contribution in [2.45, 2.75) is 122 Å². The van der Waals surface area contributed by atoms with Gasteiger partial charge in [0, 0.05) is 38.7 Å². The second kappa shape index (κ2) is 15.7. The van der Waals surface area contributed by atoms with Gasteiger partial charge < -0.3 is 33.2 Å². The van der Waals surface area contributed by atoms with Crippen LogP contribution in [-0.4, -0.2) is 78.0 Å². The topological polar surface area (TPSA) is 133 Å². The van der Waals surface area contributed by atoms with E-state index < -0.39 is 17.8 Å². The number of oxazole rings is 1. The molecule has 0 amide bonds. The molecule has 3 aliphatic rings. The predicted octanol–water partition coefficient (Wildman–Crippen LogP) is 5.68. The Balaban J connectivity index is 1.32. The Bertz CT molecular complexity index is 1310. The van der Waals surface area contributed by atoms with Gasteiger partial charge >= 0.3 is 5.97 Å². The van der Waals surface area contributed by atoms with E-state index >= 15 is 0 Å². The van der Waals surface area contributed by atoms with E-state index in [1.165, 1.54) is 0 Å². The molecule has 4 rings (SSSR count). The summed E-state index contributed by atoms with van der Waals surface area (Å²) in [7, 11) is 1.62. The molecule has 1 N–H and O–H groups in total. The second-order valence-corrected chi connectivity index (χ2v) is 13.4. The van der Waals surface area contributed by atoms with E-state index in [1.54, 1.807) is 20.3 Å². The number of aliphatic hydroxyl groups excluding tert-OH is 1. The highest BCUT2D eigenvalue weighted by Crippen LogP contribution is 2.43. The Kier molecular flexibility index (Phi) is 12.2. The number of cyclic esters (lactones) is 1. The maximum absolute atomic E-state index is 12.3. The van der Waals surface area contributed by atoms with Crippen molar-refractivity contribution >= 4 is 18.5 Å². The number of nitrogens with zero attached hydrogens (tertiary/aromatic N) is 1. The van der Waals surface area contributed by atoms with Crippen molar-refractivity contribution in [3.05, 3.63) is 59.4 Å². The van der Waals surface area contributed by atoms with E-state index in [4.69, 9.17) is 28.1 Å². The van der Waals surface area contributed by atoms with E-state index in [0.29, 0.717) is 18.8 Å². The highest BCUT2D eigenvalue weighted by atomic mass is 16.6. The third kappa shape index (κ3) is 9.50. The molecular formula is C36H51NO9. The van der Waals surface area contributed by atoms with Crippen LogP contribution in [0.15, 0.2) is 52.2 Å². The minimum Gasteiger partial charge on any atom is -0.464 e. The first-order valence-corrected chi connectivity index (χ1v) is 16.3. The van der Waals surface area contributed by atoms with Gasteiger partial charge in [0.2, 0.25) is 0 Å². The molecule has 1 aromatic heterocycles. The summed E-state index contributed by atoms with van der Waals surface area (Å²) in [5, 5.41) is 11.3. The maximum Gasteiger partial charge on any atom is 0.306 e. The van der Waals surface area contributed by atoms with Gasteiger partial charge in [-0.05, 0) is 63.7 Å². The molecule has 0 aliphatic carbocycles. The molecule has 0 bridgehead atoms. The van der Waals surface area contributed by atoms with Gasteiger partial charge in [-0.25, -0.2) is 4.98 Å². The summed E-state index contributed by atoms with van der Waals surface area (Å²) in [5.41, 5.74) is 1.88. The van der Waals surface area contributed by atoms with Crippen LogP contribution in [0.4, 0.5) is 0 Å². The number of hydrogen-bond acceptors (Lipinski definition) is 10. The Morgan fingerprint density at radius 2 is 2.02 bits per heavy atom. The molecule has 10 nitrogen and oxygen atoms in total. The van der Waals surface area contributed by atoms with Crippen LogP contribution in [0.5, 0.6) is 0 Å². The van der Waals surface area contributed by atoms with Gasteiger partial charge in [-0.15, -0.1) is 0 Å². The number of epoxide rings is 2. The number of aryl methyl sites for hydroxylation is 1. The van der Waals surface area contributed by atoms with Gasteiger partial charge in [-0.3, -0.25) is 9.59 Å². The summed E-state index contributed by atoms with van der Waals surface area (Å²) in [6.07, 6.45) is 13.8. The minimum atomic E-state index is -0.892. The maximum atomic E-state index is 12.3. The molecule has 11 atom stereocenters. The fraction of sp³-hybridized carbons (Fsp3) is 0.639. The van der Waals surface area contributed by atoms with E-state index in [-0.39, 0.29) is 60.7 Å². The van der Waals surface area contributed by atoms with Gasteiger partial charge in [0.1, 0.15) is 35.9 Å². The van der Waals surface area contributed by atoms with E-state index in [1.807, 2.05) is 71.1 Å². The zero-order valence-electron chi connectivity index (χ0n) is 28.4. The summed E-state index contributed by atoms with van der Waals surface area (Å²) in [6.45, 7) is 14.0. The normalized spacial score (nSPS) is 31.8. The molecule has 254 valence electrons. The van der Waals surface area contributed by atoms with Crippen molar-refractivity contribution < 1.29 is 42.8 Å². The first kappa shape index (κ1) is 35.8. The Morgan fingerprint density at radius 3 is 2.65 bits per heavy atom. The van der Waals surface area contributed by atoms with E-state index in [9.17, 15) is 14.7 Å². The summed E-state index contributed by atoms with van der Waals surface area (Å²) in [4.78, 5) is 28.1. The molecule has 46 heavy (non-hydrogen) atoms. The molecule has 0 spiro atoms. The standard InChI is InChI=1S/C36H51NO9/c1-21(14-28-19-42-26(6)37-28)10-9-11-23(3)35(41-8)24(4)30(43-20-38)18-32(39)36(7)33(46-36)13-12-22(2)29-15-27(17-34(40)45-29)16-31-25(5)44-31/h9-14,19-20,22,24-25,27,29-33,35,39H,15-18H2,1-8H3/b10-9+,13-12+,21-14+,23-11+/t22-,24+,25?,27+,29-,30?,31+,32+,33-,35+,36?/m1/s1. The number of methoxy groups -OCH3 is 1. The van der Waals surface area contributed by atoms with Crippen molar-refractivity contribution in [1.82, 2.24) is 4.98 Å². The zero-order chi connectivity index (χ0) is 33.6. The fourth-order valence-electron chi connectivity index (χ4n) is 6.46. The van der Waals surface area contributed by atoms with Crippen molar-refractivity contribution in [1.29, 1.82) is 0 Å². The van der Waals surface area contributed by atoms with Crippen molar-refractivity contribution in [3.63, 3.8) is 0 Å². The Labute approximate surface area is 272 Å². The minimum absolute atomic E-state index is 0.00174.